The van der Waals surface area contributed by atoms with Gasteiger partial charge in [-0.1, -0.05) is 50.0 Å². The SMILES string of the molecule is NCC(O)Cn1[nH]c(C2(Cl)C=CC=CC2C(=O)NCC2(O)CCCCCC2)cc1=O. The predicted octanol–water partition coefficient (Wildman–Crippen LogP) is 0.874. The number of halogens is 1. The third kappa shape index (κ3) is 5.06. The van der Waals surface area contributed by atoms with E-state index >= 15 is 0 Å². The molecule has 0 bridgehead atoms. The molecule has 8 nitrogen and oxygen atoms in total. The highest BCUT2D eigenvalue weighted by Gasteiger charge is 2.43. The lowest BCUT2D eigenvalue weighted by Crippen LogP contribution is -2.47. The fourth-order valence-corrected chi connectivity index (χ4v) is 4.47. The van der Waals surface area contributed by atoms with Gasteiger partial charge >= 0.3 is 0 Å². The number of aliphatic hydroxyl groups excluding tert-OH is 1. The van der Waals surface area contributed by atoms with Gasteiger partial charge in [0.05, 0.1) is 29.9 Å². The van der Waals surface area contributed by atoms with Crippen molar-refractivity contribution in [2.75, 3.05) is 13.1 Å². The first-order valence-corrected chi connectivity index (χ1v) is 10.9. The number of H-pyrrole nitrogens is 1. The molecule has 166 valence electrons. The number of aromatic amines is 1. The van der Waals surface area contributed by atoms with E-state index in [0.29, 0.717) is 18.5 Å². The molecule has 3 unspecified atom stereocenters. The zero-order valence-corrected chi connectivity index (χ0v) is 17.8. The highest BCUT2D eigenvalue weighted by molar-refractivity contribution is 6.27. The first-order valence-electron chi connectivity index (χ1n) is 10.5. The van der Waals surface area contributed by atoms with Crippen molar-refractivity contribution in [3.05, 3.63) is 46.4 Å². The molecule has 1 aromatic heterocycles. The quantitative estimate of drug-likeness (QED) is 0.318. The molecule has 0 spiro atoms. The molecule has 1 heterocycles. The number of nitrogens with one attached hydrogen (secondary N) is 2. The number of carbonyl (C=O) groups is 1. The molecule has 0 aromatic carbocycles. The average Bonchev–Trinajstić information content (AvgIpc) is 2.95. The molecule has 1 amide bonds. The predicted molar refractivity (Wildman–Crippen MR) is 115 cm³/mol. The number of allylic oxidation sites excluding steroid dienone is 3. The van der Waals surface area contributed by atoms with Crippen LogP contribution in [-0.2, 0) is 16.2 Å². The van der Waals surface area contributed by atoms with E-state index < -0.39 is 22.5 Å². The maximum absolute atomic E-state index is 13.0. The molecule has 1 aromatic rings. The van der Waals surface area contributed by atoms with E-state index in [1.807, 2.05) is 0 Å². The molecule has 0 radical (unpaired) electrons. The van der Waals surface area contributed by atoms with Crippen LogP contribution in [0.15, 0.2) is 35.2 Å². The van der Waals surface area contributed by atoms with Crippen LogP contribution in [0.1, 0.15) is 44.2 Å². The largest absolute Gasteiger partial charge is 0.390 e. The standard InChI is InChI=1S/C21H31ClN4O4/c22-21(17-11-18(28)26(25-17)13-15(27)12-23)10-6-3-7-16(21)19(29)24-14-20(30)8-4-1-2-5-9-20/h3,6-7,10-11,15-16,25,27,30H,1-2,4-5,8-9,12-14,23H2,(H,24,29). The van der Waals surface area contributed by atoms with E-state index in [1.54, 1.807) is 24.3 Å². The Morgan fingerprint density at radius 3 is 2.70 bits per heavy atom. The molecule has 0 aliphatic heterocycles. The fraction of sp³-hybridized carbons (Fsp3) is 0.619. The van der Waals surface area contributed by atoms with Crippen molar-refractivity contribution >= 4 is 17.5 Å². The summed E-state index contributed by atoms with van der Waals surface area (Å²) in [4.78, 5) is 24.0. The molecule has 9 heteroatoms. The molecule has 30 heavy (non-hydrogen) atoms. The van der Waals surface area contributed by atoms with Gasteiger partial charge in [0.25, 0.3) is 5.56 Å². The van der Waals surface area contributed by atoms with Crippen molar-refractivity contribution in [3.8, 4) is 0 Å². The molecule has 3 atom stereocenters. The summed E-state index contributed by atoms with van der Waals surface area (Å²) in [5, 5.41) is 26.3. The lowest BCUT2D eigenvalue weighted by Gasteiger charge is -2.33. The van der Waals surface area contributed by atoms with Gasteiger partial charge in [-0.05, 0) is 12.8 Å². The topological polar surface area (TPSA) is 133 Å². The minimum Gasteiger partial charge on any atom is -0.390 e. The van der Waals surface area contributed by atoms with Gasteiger partial charge in [0.15, 0.2) is 0 Å². The summed E-state index contributed by atoms with van der Waals surface area (Å²) in [5.41, 5.74) is 4.51. The number of hydrogen-bond donors (Lipinski definition) is 5. The molecule has 1 fully saturated rings. The van der Waals surface area contributed by atoms with Gasteiger partial charge in [-0.25, -0.2) is 0 Å². The Bertz CT molecular complexity index is 853. The number of alkyl halides is 1. The second-order valence-corrected chi connectivity index (χ2v) is 8.98. The smallest absolute Gasteiger partial charge is 0.266 e. The van der Waals surface area contributed by atoms with Crippen LogP contribution in [0.5, 0.6) is 0 Å². The van der Waals surface area contributed by atoms with Crippen LogP contribution in [0.2, 0.25) is 0 Å². The maximum Gasteiger partial charge on any atom is 0.266 e. The van der Waals surface area contributed by atoms with E-state index in [1.165, 1.54) is 10.7 Å². The minimum atomic E-state index is -1.29. The van der Waals surface area contributed by atoms with Crippen molar-refractivity contribution in [2.45, 2.75) is 61.6 Å². The summed E-state index contributed by atoms with van der Waals surface area (Å²) in [6.07, 6.45) is 11.3. The average molecular weight is 439 g/mol. The Labute approximate surface area is 180 Å². The number of carbonyl (C=O) groups excluding carboxylic acids is 1. The van der Waals surface area contributed by atoms with E-state index in [9.17, 15) is 19.8 Å². The van der Waals surface area contributed by atoms with Gasteiger partial charge in [-0.15, -0.1) is 11.6 Å². The maximum atomic E-state index is 13.0. The molecule has 2 aliphatic rings. The van der Waals surface area contributed by atoms with Gasteiger partial charge < -0.3 is 21.3 Å². The summed E-state index contributed by atoms with van der Waals surface area (Å²) >= 11 is 6.87. The number of nitrogens with two attached hydrogens (primary N) is 1. The number of rotatable bonds is 7. The molecule has 2 aliphatic carbocycles. The van der Waals surface area contributed by atoms with Crippen molar-refractivity contribution in [1.82, 2.24) is 15.1 Å². The van der Waals surface area contributed by atoms with Crippen LogP contribution in [0, 0.1) is 5.92 Å². The Morgan fingerprint density at radius 1 is 1.33 bits per heavy atom. The number of aromatic nitrogens is 2. The van der Waals surface area contributed by atoms with Crippen molar-refractivity contribution in [1.29, 1.82) is 0 Å². The Kier molecular flexibility index (Phi) is 7.23. The number of nitrogens with zero attached hydrogens (tertiary/aromatic N) is 1. The van der Waals surface area contributed by atoms with Gasteiger partial charge in [0, 0.05) is 19.2 Å². The number of aliphatic hydroxyl groups is 2. The van der Waals surface area contributed by atoms with Crippen LogP contribution in [0.3, 0.4) is 0 Å². The van der Waals surface area contributed by atoms with Crippen molar-refractivity contribution in [2.24, 2.45) is 11.7 Å². The van der Waals surface area contributed by atoms with Crippen molar-refractivity contribution in [3.63, 3.8) is 0 Å². The van der Waals surface area contributed by atoms with Crippen LogP contribution in [-0.4, -0.2) is 50.7 Å². The van der Waals surface area contributed by atoms with Crippen LogP contribution >= 0.6 is 11.6 Å². The van der Waals surface area contributed by atoms with E-state index in [4.69, 9.17) is 17.3 Å². The molecule has 1 saturated carbocycles. The monoisotopic (exact) mass is 438 g/mol. The van der Waals surface area contributed by atoms with E-state index in [2.05, 4.69) is 10.4 Å². The summed E-state index contributed by atoms with van der Waals surface area (Å²) < 4.78 is 1.23. The van der Waals surface area contributed by atoms with Crippen LogP contribution < -0.4 is 16.6 Å². The van der Waals surface area contributed by atoms with E-state index in [0.717, 1.165) is 25.7 Å². The lowest BCUT2D eigenvalue weighted by molar-refractivity contribution is -0.125. The van der Waals surface area contributed by atoms with Gasteiger partial charge in [0.2, 0.25) is 5.91 Å². The first-order chi connectivity index (χ1) is 14.3. The van der Waals surface area contributed by atoms with Gasteiger partial charge in [0.1, 0.15) is 4.87 Å². The molecular weight excluding hydrogens is 408 g/mol. The highest BCUT2D eigenvalue weighted by atomic mass is 35.5. The highest BCUT2D eigenvalue weighted by Crippen LogP contribution is 2.40. The second kappa shape index (κ2) is 9.51. The van der Waals surface area contributed by atoms with Crippen molar-refractivity contribution < 1.29 is 15.0 Å². The Balaban J connectivity index is 1.76. The van der Waals surface area contributed by atoms with Crippen LogP contribution in [0.25, 0.3) is 0 Å². The summed E-state index contributed by atoms with van der Waals surface area (Å²) in [5.74, 6) is -1.09. The fourth-order valence-electron chi connectivity index (χ4n) is 4.13. The lowest BCUT2D eigenvalue weighted by atomic mass is 9.84. The summed E-state index contributed by atoms with van der Waals surface area (Å²) in [6.45, 7) is 0.197. The summed E-state index contributed by atoms with van der Waals surface area (Å²) in [6, 6.07) is 1.33. The summed E-state index contributed by atoms with van der Waals surface area (Å²) in [7, 11) is 0. The molecule has 6 N–H and O–H groups in total. The second-order valence-electron chi connectivity index (χ2n) is 8.35. The normalized spacial score (nSPS) is 26.9. The zero-order chi connectivity index (χ0) is 21.8. The Hall–Kier alpha value is -1.87. The Morgan fingerprint density at radius 2 is 2.03 bits per heavy atom. The molecular formula is C21H31ClN4O4. The molecule has 0 saturated heterocycles. The first kappa shape index (κ1) is 22.8. The zero-order valence-electron chi connectivity index (χ0n) is 17.0. The van der Waals surface area contributed by atoms with Gasteiger partial charge in [-0.3, -0.25) is 19.4 Å². The van der Waals surface area contributed by atoms with Crippen LogP contribution in [0.4, 0.5) is 0 Å². The van der Waals surface area contributed by atoms with Gasteiger partial charge in [-0.2, -0.15) is 0 Å². The number of hydrogen-bond acceptors (Lipinski definition) is 5. The van der Waals surface area contributed by atoms with E-state index in [-0.39, 0.29) is 31.1 Å². The number of amides is 1. The molecule has 3 rings (SSSR count). The third-order valence-electron chi connectivity index (χ3n) is 5.98. The minimum absolute atomic E-state index is 0.00571. The third-order valence-corrected chi connectivity index (χ3v) is 6.55.